The Morgan fingerprint density at radius 1 is 0.909 bits per heavy atom. The van der Waals surface area contributed by atoms with Gasteiger partial charge >= 0.3 is 141 Å². The van der Waals surface area contributed by atoms with E-state index >= 15 is 0 Å². The standard InChI is InChI=1S/C20H26AsN/c1-17-7-9-18(10-8-17)15-21-20-11-13-22(14-12-20)16-19-5-3-2-4-6-19/h2-10,20-21H,11-16H2,1H3. The van der Waals surface area contributed by atoms with Crippen LogP contribution in [0.25, 0.3) is 0 Å². The van der Waals surface area contributed by atoms with Crippen molar-refractivity contribution < 1.29 is 0 Å². The van der Waals surface area contributed by atoms with E-state index in [-0.39, 0.29) is 15.8 Å². The van der Waals surface area contributed by atoms with Crippen LogP contribution in [0.1, 0.15) is 29.5 Å². The molecule has 1 aliphatic rings. The van der Waals surface area contributed by atoms with Crippen LogP contribution < -0.4 is 0 Å². The summed E-state index contributed by atoms with van der Waals surface area (Å²) in [4.78, 5) is 2.63. The summed E-state index contributed by atoms with van der Waals surface area (Å²) in [5.41, 5.74) is 4.38. The first-order chi connectivity index (χ1) is 10.8. The van der Waals surface area contributed by atoms with E-state index in [4.69, 9.17) is 0 Å². The Hall–Kier alpha value is -1.04. The van der Waals surface area contributed by atoms with Gasteiger partial charge in [0.25, 0.3) is 0 Å². The minimum absolute atomic E-state index is 0.167. The summed E-state index contributed by atoms with van der Waals surface area (Å²) in [7, 11) is 0. The van der Waals surface area contributed by atoms with Gasteiger partial charge in [0.2, 0.25) is 0 Å². The van der Waals surface area contributed by atoms with Gasteiger partial charge in [-0.1, -0.05) is 0 Å². The van der Waals surface area contributed by atoms with Crippen LogP contribution in [0.15, 0.2) is 54.6 Å². The molecule has 116 valence electrons. The van der Waals surface area contributed by atoms with Gasteiger partial charge < -0.3 is 0 Å². The molecule has 0 radical (unpaired) electrons. The van der Waals surface area contributed by atoms with Gasteiger partial charge in [-0.25, -0.2) is 0 Å². The van der Waals surface area contributed by atoms with E-state index in [2.05, 4.69) is 66.4 Å². The third-order valence-electron chi connectivity index (χ3n) is 4.55. The van der Waals surface area contributed by atoms with Gasteiger partial charge in [0.1, 0.15) is 0 Å². The first-order valence-electron chi connectivity index (χ1n) is 8.35. The van der Waals surface area contributed by atoms with E-state index in [1.165, 1.54) is 42.3 Å². The molecule has 1 nitrogen and oxygen atoms in total. The second-order valence-corrected chi connectivity index (χ2v) is 9.71. The number of rotatable bonds is 5. The molecule has 0 aromatic heterocycles. The molecule has 0 N–H and O–H groups in total. The normalized spacial score (nSPS) is 17.3. The molecule has 22 heavy (non-hydrogen) atoms. The maximum atomic E-state index is 2.63. The fourth-order valence-corrected chi connectivity index (χ4v) is 6.10. The molecule has 0 saturated carbocycles. The monoisotopic (exact) mass is 355 g/mol. The molecule has 2 heteroatoms. The van der Waals surface area contributed by atoms with Crippen molar-refractivity contribution in [1.29, 1.82) is 0 Å². The van der Waals surface area contributed by atoms with Gasteiger partial charge in [-0.3, -0.25) is 0 Å². The van der Waals surface area contributed by atoms with E-state index in [1.54, 1.807) is 5.56 Å². The molecule has 2 aromatic rings. The average Bonchev–Trinajstić information content (AvgIpc) is 2.57. The summed E-state index contributed by atoms with van der Waals surface area (Å²) < 4.78 is 1.04. The zero-order valence-electron chi connectivity index (χ0n) is 13.5. The molecular formula is C20H26AsN. The molecule has 1 saturated heterocycles. The zero-order chi connectivity index (χ0) is 15.2. The number of hydrogen-bond donors (Lipinski definition) is 0. The molecule has 0 spiro atoms. The van der Waals surface area contributed by atoms with Crippen LogP contribution in [-0.2, 0) is 11.8 Å². The van der Waals surface area contributed by atoms with Crippen LogP contribution in [0.3, 0.4) is 0 Å². The quantitative estimate of drug-likeness (QED) is 0.733. The number of benzene rings is 2. The molecule has 1 heterocycles. The first kappa shape index (κ1) is 15.8. The van der Waals surface area contributed by atoms with E-state index in [9.17, 15) is 0 Å². The summed E-state index contributed by atoms with van der Waals surface area (Å²) in [5.74, 6) is 0. The van der Waals surface area contributed by atoms with Crippen LogP contribution >= 0.6 is 0 Å². The van der Waals surface area contributed by atoms with Crippen molar-refractivity contribution >= 4 is 15.8 Å². The van der Waals surface area contributed by atoms with Crippen molar-refractivity contribution in [2.45, 2.75) is 36.2 Å². The third-order valence-corrected chi connectivity index (χ3v) is 8.26. The number of hydrogen-bond acceptors (Lipinski definition) is 1. The van der Waals surface area contributed by atoms with Crippen LogP contribution in [0.4, 0.5) is 0 Å². The number of aryl methyl sites for hydroxylation is 1. The number of piperidine rings is 1. The van der Waals surface area contributed by atoms with Crippen molar-refractivity contribution in [2.24, 2.45) is 0 Å². The topological polar surface area (TPSA) is 3.24 Å². The first-order valence-corrected chi connectivity index (χ1v) is 11.0. The molecule has 1 fully saturated rings. The summed E-state index contributed by atoms with van der Waals surface area (Å²) in [6, 6.07) is 20.0. The maximum absolute atomic E-state index is 2.63. The van der Waals surface area contributed by atoms with Crippen molar-refractivity contribution in [2.75, 3.05) is 13.1 Å². The Morgan fingerprint density at radius 2 is 1.59 bits per heavy atom. The molecule has 0 bridgehead atoms. The SMILES string of the molecule is Cc1ccc(C[AsH]C2CCN(Cc3ccccc3)CC2)cc1. The van der Waals surface area contributed by atoms with E-state index in [0.29, 0.717) is 0 Å². The van der Waals surface area contributed by atoms with Gasteiger partial charge in [-0.15, -0.1) is 0 Å². The fraction of sp³-hybridized carbons (Fsp3) is 0.400. The number of likely N-dealkylation sites (tertiary alicyclic amines) is 1. The Kier molecular flexibility index (Phi) is 5.75. The molecule has 1 atom stereocenters. The van der Waals surface area contributed by atoms with Crippen molar-refractivity contribution in [3.8, 4) is 0 Å². The third kappa shape index (κ3) is 4.73. The Balaban J connectivity index is 1.41. The van der Waals surface area contributed by atoms with E-state index in [1.807, 2.05) is 0 Å². The van der Waals surface area contributed by atoms with Crippen molar-refractivity contribution in [1.82, 2.24) is 4.90 Å². The fourth-order valence-electron chi connectivity index (χ4n) is 3.10. The summed E-state index contributed by atoms with van der Waals surface area (Å²) in [5, 5.41) is 1.36. The van der Waals surface area contributed by atoms with Crippen LogP contribution in [0.2, 0.25) is 4.71 Å². The average molecular weight is 355 g/mol. The van der Waals surface area contributed by atoms with Crippen LogP contribution in [0.5, 0.6) is 0 Å². The molecule has 0 amide bonds. The van der Waals surface area contributed by atoms with Crippen molar-refractivity contribution in [3.63, 3.8) is 0 Å². The minimum atomic E-state index is 0.167. The Morgan fingerprint density at radius 3 is 2.27 bits per heavy atom. The molecular weight excluding hydrogens is 329 g/mol. The molecule has 1 aliphatic heterocycles. The van der Waals surface area contributed by atoms with Gasteiger partial charge in [-0.2, -0.15) is 0 Å². The summed E-state index contributed by atoms with van der Waals surface area (Å²) >= 11 is 0.167. The summed E-state index contributed by atoms with van der Waals surface area (Å²) in [6.07, 6.45) is 2.83. The van der Waals surface area contributed by atoms with E-state index in [0.717, 1.165) is 11.3 Å². The second-order valence-electron chi connectivity index (χ2n) is 6.40. The zero-order valence-corrected chi connectivity index (χ0v) is 15.6. The van der Waals surface area contributed by atoms with Gasteiger partial charge in [0, 0.05) is 0 Å². The molecule has 3 rings (SSSR count). The molecule has 2 aromatic carbocycles. The molecule has 0 aliphatic carbocycles. The van der Waals surface area contributed by atoms with Crippen LogP contribution in [0, 0.1) is 6.92 Å². The molecule has 1 unspecified atom stereocenters. The van der Waals surface area contributed by atoms with E-state index < -0.39 is 0 Å². The van der Waals surface area contributed by atoms with Gasteiger partial charge in [0.05, 0.1) is 0 Å². The predicted molar refractivity (Wildman–Crippen MR) is 96.7 cm³/mol. The Labute approximate surface area is 141 Å². The van der Waals surface area contributed by atoms with Gasteiger partial charge in [-0.05, 0) is 0 Å². The summed E-state index contributed by atoms with van der Waals surface area (Å²) in [6.45, 7) is 5.88. The Bertz CT molecular complexity index is 556. The predicted octanol–water partition coefficient (Wildman–Crippen LogP) is 4.02. The van der Waals surface area contributed by atoms with Crippen LogP contribution in [-0.4, -0.2) is 33.7 Å². The number of nitrogens with zero attached hydrogens (tertiary/aromatic N) is 1. The second kappa shape index (κ2) is 7.99. The van der Waals surface area contributed by atoms with Gasteiger partial charge in [0.15, 0.2) is 0 Å². The van der Waals surface area contributed by atoms with Crippen molar-refractivity contribution in [3.05, 3.63) is 71.3 Å².